The third-order valence-electron chi connectivity index (χ3n) is 2.15. The van der Waals surface area contributed by atoms with Crippen molar-refractivity contribution in [2.75, 3.05) is 17.1 Å². The van der Waals surface area contributed by atoms with E-state index < -0.39 is 10.0 Å². The molecule has 100 valence electrons. The van der Waals surface area contributed by atoms with Crippen LogP contribution in [-0.2, 0) is 10.0 Å². The number of aromatic nitrogens is 3. The second-order valence-corrected chi connectivity index (χ2v) is 5.52. The van der Waals surface area contributed by atoms with E-state index in [-0.39, 0.29) is 15.7 Å². The number of anilines is 2. The first-order valence-corrected chi connectivity index (χ1v) is 7.02. The van der Waals surface area contributed by atoms with Crippen molar-refractivity contribution >= 4 is 33.4 Å². The first-order valence-electron chi connectivity index (χ1n) is 5.16. The molecule has 0 fully saturated rings. The Bertz CT molecular complexity index is 675. The highest BCUT2D eigenvalue weighted by Crippen LogP contribution is 2.21. The Morgan fingerprint density at radius 1 is 1.21 bits per heavy atom. The fraction of sp³-hybridized carbons (Fsp3) is 0.100. The van der Waals surface area contributed by atoms with Crippen LogP contribution in [0.3, 0.4) is 0 Å². The lowest BCUT2D eigenvalue weighted by atomic mass is 10.5. The molecule has 0 spiro atoms. The van der Waals surface area contributed by atoms with Crippen LogP contribution in [0, 0.1) is 0 Å². The summed E-state index contributed by atoms with van der Waals surface area (Å²) in [5.74, 6) is 0.386. The molecule has 0 aliphatic heterocycles. The summed E-state index contributed by atoms with van der Waals surface area (Å²) in [6.07, 6.45) is 3.82. The molecule has 2 aromatic heterocycles. The minimum absolute atomic E-state index is 0.0573. The quantitative estimate of drug-likeness (QED) is 0.885. The van der Waals surface area contributed by atoms with Crippen molar-refractivity contribution in [2.45, 2.75) is 4.90 Å². The number of nitrogens with one attached hydrogen (secondary N) is 2. The van der Waals surface area contributed by atoms with Crippen molar-refractivity contribution in [2.24, 2.45) is 0 Å². The average Bonchev–Trinajstić information content (AvgIpc) is 2.41. The molecule has 0 atom stereocenters. The third kappa shape index (κ3) is 3.09. The number of nitrogens with zero attached hydrogens (tertiary/aromatic N) is 3. The molecule has 19 heavy (non-hydrogen) atoms. The Morgan fingerprint density at radius 3 is 2.47 bits per heavy atom. The third-order valence-corrected chi connectivity index (χ3v) is 3.75. The summed E-state index contributed by atoms with van der Waals surface area (Å²) in [4.78, 5) is 11.4. The summed E-state index contributed by atoms with van der Waals surface area (Å²) < 4.78 is 26.4. The Balaban J connectivity index is 2.30. The van der Waals surface area contributed by atoms with Gasteiger partial charge in [0.15, 0.2) is 5.82 Å². The molecule has 0 amide bonds. The van der Waals surface area contributed by atoms with Crippen molar-refractivity contribution in [3.8, 4) is 0 Å². The maximum Gasteiger partial charge on any atom is 0.266 e. The first kappa shape index (κ1) is 13.5. The topological polar surface area (TPSA) is 96.9 Å². The van der Waals surface area contributed by atoms with Crippen LogP contribution in [0.15, 0.2) is 35.6 Å². The lowest BCUT2D eigenvalue weighted by Gasteiger charge is -2.08. The summed E-state index contributed by atoms with van der Waals surface area (Å²) in [6.45, 7) is 0. The molecule has 7 nitrogen and oxygen atoms in total. The van der Waals surface area contributed by atoms with Gasteiger partial charge in [-0.3, -0.25) is 4.72 Å². The standard InChI is InChI=1S/C10H10ClN5O2S/c1-12-10-14-5-7(6-15-10)19(17,18)16-9-8(11)3-2-4-13-9/h2-6H,1H3,(H,13,16)(H,12,14,15). The second-order valence-electron chi connectivity index (χ2n) is 3.43. The van der Waals surface area contributed by atoms with Gasteiger partial charge in [0.1, 0.15) is 4.90 Å². The van der Waals surface area contributed by atoms with E-state index in [1.165, 1.54) is 24.7 Å². The average molecular weight is 300 g/mol. The minimum atomic E-state index is -3.81. The molecule has 0 unspecified atom stereocenters. The second kappa shape index (κ2) is 5.37. The van der Waals surface area contributed by atoms with Crippen LogP contribution in [0.4, 0.5) is 11.8 Å². The monoisotopic (exact) mass is 299 g/mol. The summed E-state index contributed by atoms with van der Waals surface area (Å²) in [5, 5.41) is 2.90. The van der Waals surface area contributed by atoms with Gasteiger partial charge in [0.2, 0.25) is 5.95 Å². The fourth-order valence-corrected chi connectivity index (χ4v) is 2.37. The zero-order valence-electron chi connectivity index (χ0n) is 9.83. The van der Waals surface area contributed by atoms with Gasteiger partial charge in [-0.25, -0.2) is 23.4 Å². The van der Waals surface area contributed by atoms with Crippen LogP contribution in [0.1, 0.15) is 0 Å². The maximum absolute atomic E-state index is 12.0. The summed E-state index contributed by atoms with van der Waals surface area (Å²) in [7, 11) is -2.18. The number of hydrogen-bond donors (Lipinski definition) is 2. The van der Waals surface area contributed by atoms with Gasteiger partial charge in [-0.05, 0) is 12.1 Å². The van der Waals surface area contributed by atoms with E-state index in [0.717, 1.165) is 0 Å². The molecule has 0 saturated heterocycles. The number of sulfonamides is 1. The molecule has 9 heteroatoms. The number of halogens is 1. The van der Waals surface area contributed by atoms with Gasteiger partial charge in [0.25, 0.3) is 10.0 Å². The number of hydrogen-bond acceptors (Lipinski definition) is 6. The lowest BCUT2D eigenvalue weighted by molar-refractivity contribution is 0.600. The predicted molar refractivity (Wildman–Crippen MR) is 71.6 cm³/mol. The molecule has 2 N–H and O–H groups in total. The molecule has 0 aromatic carbocycles. The molecule has 0 saturated carbocycles. The molecule has 0 aliphatic carbocycles. The molecular formula is C10H10ClN5O2S. The Hall–Kier alpha value is -1.93. The molecule has 0 aliphatic rings. The highest BCUT2D eigenvalue weighted by molar-refractivity contribution is 7.92. The van der Waals surface area contributed by atoms with Gasteiger partial charge in [-0.15, -0.1) is 0 Å². The van der Waals surface area contributed by atoms with Gasteiger partial charge in [-0.1, -0.05) is 11.6 Å². The van der Waals surface area contributed by atoms with Gasteiger partial charge in [0.05, 0.1) is 17.4 Å². The van der Waals surface area contributed by atoms with Crippen molar-refractivity contribution in [3.05, 3.63) is 35.7 Å². The lowest BCUT2D eigenvalue weighted by Crippen LogP contribution is -2.15. The zero-order valence-corrected chi connectivity index (χ0v) is 11.4. The molecule has 0 bridgehead atoms. The molecule has 2 aromatic rings. The van der Waals surface area contributed by atoms with Gasteiger partial charge >= 0.3 is 0 Å². The van der Waals surface area contributed by atoms with Crippen LogP contribution < -0.4 is 10.0 Å². The van der Waals surface area contributed by atoms with Gasteiger partial charge in [0, 0.05) is 13.2 Å². The normalized spacial score (nSPS) is 11.1. The maximum atomic E-state index is 12.0. The van der Waals surface area contributed by atoms with Crippen LogP contribution in [0.2, 0.25) is 5.02 Å². The van der Waals surface area contributed by atoms with Crippen molar-refractivity contribution < 1.29 is 8.42 Å². The van der Waals surface area contributed by atoms with E-state index in [2.05, 4.69) is 25.0 Å². The van der Waals surface area contributed by atoms with E-state index >= 15 is 0 Å². The molecule has 2 heterocycles. The van der Waals surface area contributed by atoms with E-state index in [1.807, 2.05) is 0 Å². The Morgan fingerprint density at radius 2 is 1.89 bits per heavy atom. The van der Waals surface area contributed by atoms with Crippen LogP contribution >= 0.6 is 11.6 Å². The number of rotatable bonds is 4. The van der Waals surface area contributed by atoms with E-state index in [0.29, 0.717) is 5.95 Å². The summed E-state index contributed by atoms with van der Waals surface area (Å²) in [5.41, 5.74) is 0. The predicted octanol–water partition coefficient (Wildman–Crippen LogP) is 1.37. The molecule has 2 rings (SSSR count). The van der Waals surface area contributed by atoms with Crippen molar-refractivity contribution in [1.29, 1.82) is 0 Å². The highest BCUT2D eigenvalue weighted by Gasteiger charge is 2.17. The Labute approximate surface area is 115 Å². The molecule has 0 radical (unpaired) electrons. The van der Waals surface area contributed by atoms with E-state index in [1.54, 1.807) is 13.1 Å². The Kier molecular flexibility index (Phi) is 3.82. The first-order chi connectivity index (χ1) is 9.03. The zero-order chi connectivity index (χ0) is 13.9. The van der Waals surface area contributed by atoms with Crippen LogP contribution in [0.25, 0.3) is 0 Å². The van der Waals surface area contributed by atoms with Gasteiger partial charge in [-0.2, -0.15) is 0 Å². The van der Waals surface area contributed by atoms with Crippen LogP contribution in [-0.4, -0.2) is 30.4 Å². The smallest absolute Gasteiger partial charge is 0.266 e. The largest absolute Gasteiger partial charge is 0.357 e. The number of pyridine rings is 1. The highest BCUT2D eigenvalue weighted by atomic mass is 35.5. The fourth-order valence-electron chi connectivity index (χ4n) is 1.23. The van der Waals surface area contributed by atoms with E-state index in [9.17, 15) is 8.42 Å². The van der Waals surface area contributed by atoms with Crippen molar-refractivity contribution in [3.63, 3.8) is 0 Å². The SMILES string of the molecule is CNc1ncc(S(=O)(=O)Nc2ncccc2Cl)cn1. The summed E-state index contributed by atoms with van der Waals surface area (Å²) in [6, 6.07) is 3.14. The van der Waals surface area contributed by atoms with Crippen molar-refractivity contribution in [1.82, 2.24) is 15.0 Å². The van der Waals surface area contributed by atoms with Gasteiger partial charge < -0.3 is 5.32 Å². The molecular weight excluding hydrogens is 290 g/mol. The van der Waals surface area contributed by atoms with E-state index in [4.69, 9.17) is 11.6 Å². The van der Waals surface area contributed by atoms with Crippen LogP contribution in [0.5, 0.6) is 0 Å². The summed E-state index contributed by atoms with van der Waals surface area (Å²) >= 11 is 5.83. The minimum Gasteiger partial charge on any atom is -0.357 e.